The molecule has 0 unspecified atom stereocenters. The Labute approximate surface area is 145 Å². The largest absolute Gasteiger partial charge is 0.350 e. The molecule has 24 heavy (non-hydrogen) atoms. The Morgan fingerprint density at radius 3 is 2.83 bits per heavy atom. The van der Waals surface area contributed by atoms with Gasteiger partial charge < -0.3 is 10.2 Å². The molecule has 124 valence electrons. The van der Waals surface area contributed by atoms with Crippen molar-refractivity contribution >= 4 is 29.3 Å². The van der Waals surface area contributed by atoms with Crippen LogP contribution in [0.5, 0.6) is 0 Å². The number of benzene rings is 1. The molecule has 0 spiro atoms. The van der Waals surface area contributed by atoms with Crippen molar-refractivity contribution in [3.63, 3.8) is 0 Å². The van der Waals surface area contributed by atoms with Gasteiger partial charge in [-0.2, -0.15) is 0 Å². The zero-order valence-corrected chi connectivity index (χ0v) is 14.7. The number of carbonyl (C=O) groups excluding carboxylic acids is 2. The summed E-state index contributed by atoms with van der Waals surface area (Å²) in [6.45, 7) is 6.34. The van der Waals surface area contributed by atoms with Gasteiger partial charge in [0.2, 0.25) is 0 Å². The van der Waals surface area contributed by atoms with Crippen LogP contribution < -0.4 is 10.2 Å². The minimum absolute atomic E-state index is 0.0637. The molecule has 0 saturated carbocycles. The monoisotopic (exact) mass is 341 g/mol. The summed E-state index contributed by atoms with van der Waals surface area (Å²) in [6.07, 6.45) is 1.68. The first kappa shape index (κ1) is 16.5. The Hall–Kier alpha value is -2.34. The fraction of sp³-hybridized carbons (Fsp3) is 0.278. The van der Waals surface area contributed by atoms with Crippen LogP contribution in [0.3, 0.4) is 0 Å². The maximum atomic E-state index is 12.8. The Kier molecular flexibility index (Phi) is 4.57. The average molecular weight is 341 g/mol. The molecule has 5 nitrogen and oxygen atoms in total. The summed E-state index contributed by atoms with van der Waals surface area (Å²) in [5, 5.41) is 3.56. The lowest BCUT2D eigenvalue weighted by molar-refractivity contribution is 0.0942. The molecule has 1 aromatic heterocycles. The van der Waals surface area contributed by atoms with Gasteiger partial charge in [-0.05, 0) is 51.1 Å². The molecular weight excluding hydrogens is 322 g/mol. The summed E-state index contributed by atoms with van der Waals surface area (Å²) in [5.41, 5.74) is 1.98. The Balaban J connectivity index is 2.08. The molecule has 1 aliphatic rings. The van der Waals surface area contributed by atoms with Gasteiger partial charge in [-0.25, -0.2) is 4.98 Å². The van der Waals surface area contributed by atoms with Gasteiger partial charge in [-0.15, -0.1) is 0 Å². The Morgan fingerprint density at radius 1 is 1.33 bits per heavy atom. The van der Waals surface area contributed by atoms with Crippen molar-refractivity contribution in [3.8, 4) is 0 Å². The Bertz CT molecular complexity index is 805. The fourth-order valence-corrected chi connectivity index (χ4v) is 3.67. The topological polar surface area (TPSA) is 62.3 Å². The van der Waals surface area contributed by atoms with E-state index in [2.05, 4.69) is 10.3 Å². The molecule has 1 N–H and O–H groups in total. The number of nitrogens with one attached hydrogen (secondary N) is 1. The van der Waals surface area contributed by atoms with Crippen molar-refractivity contribution < 1.29 is 9.59 Å². The number of anilines is 1. The first-order chi connectivity index (χ1) is 11.5. The molecule has 1 aliphatic heterocycles. The van der Waals surface area contributed by atoms with Gasteiger partial charge in [-0.1, -0.05) is 11.8 Å². The zero-order valence-electron chi connectivity index (χ0n) is 13.9. The highest BCUT2D eigenvalue weighted by Gasteiger charge is 2.27. The standard InChI is InChI=1S/C18H19N3O2S/c1-4-21-14-8-7-12(16(22)20-11(2)3)10-15(14)24-17-13(18(21)23)6-5-9-19-17/h5-11H,4H2,1-3H3,(H,20,22). The van der Waals surface area contributed by atoms with Gasteiger partial charge in [0.1, 0.15) is 5.03 Å². The van der Waals surface area contributed by atoms with E-state index in [1.54, 1.807) is 29.3 Å². The molecule has 0 atom stereocenters. The van der Waals surface area contributed by atoms with Gasteiger partial charge >= 0.3 is 0 Å². The van der Waals surface area contributed by atoms with E-state index in [0.29, 0.717) is 22.7 Å². The lowest BCUT2D eigenvalue weighted by atomic mass is 10.1. The number of fused-ring (bicyclic) bond motifs is 2. The molecular formula is C18H19N3O2S. The highest BCUT2D eigenvalue weighted by atomic mass is 32.2. The maximum Gasteiger partial charge on any atom is 0.261 e. The van der Waals surface area contributed by atoms with Crippen molar-refractivity contribution in [1.29, 1.82) is 0 Å². The van der Waals surface area contributed by atoms with E-state index in [-0.39, 0.29) is 17.9 Å². The van der Waals surface area contributed by atoms with Gasteiger partial charge in [0.25, 0.3) is 11.8 Å². The first-order valence-corrected chi connectivity index (χ1v) is 8.72. The molecule has 0 saturated heterocycles. The third-order valence-electron chi connectivity index (χ3n) is 3.70. The van der Waals surface area contributed by atoms with Crippen molar-refractivity contribution in [2.24, 2.45) is 0 Å². The van der Waals surface area contributed by atoms with E-state index in [0.717, 1.165) is 10.6 Å². The highest BCUT2D eigenvalue weighted by molar-refractivity contribution is 7.99. The van der Waals surface area contributed by atoms with Crippen LogP contribution in [-0.2, 0) is 0 Å². The molecule has 2 amide bonds. The first-order valence-electron chi connectivity index (χ1n) is 7.91. The second kappa shape index (κ2) is 6.65. The summed E-state index contributed by atoms with van der Waals surface area (Å²) < 4.78 is 0. The third kappa shape index (κ3) is 3.01. The van der Waals surface area contributed by atoms with Crippen LogP contribution in [0.25, 0.3) is 0 Å². The number of amides is 2. The summed E-state index contributed by atoms with van der Waals surface area (Å²) >= 11 is 1.42. The highest BCUT2D eigenvalue weighted by Crippen LogP contribution is 2.40. The van der Waals surface area contributed by atoms with E-state index >= 15 is 0 Å². The van der Waals surface area contributed by atoms with Crippen molar-refractivity contribution in [2.75, 3.05) is 11.4 Å². The lowest BCUT2D eigenvalue weighted by Gasteiger charge is -2.21. The fourth-order valence-electron chi connectivity index (χ4n) is 2.61. The van der Waals surface area contributed by atoms with Crippen LogP contribution in [0.15, 0.2) is 46.5 Å². The minimum Gasteiger partial charge on any atom is -0.350 e. The van der Waals surface area contributed by atoms with E-state index in [1.165, 1.54) is 11.8 Å². The van der Waals surface area contributed by atoms with Crippen molar-refractivity contribution in [1.82, 2.24) is 10.3 Å². The van der Waals surface area contributed by atoms with Crippen molar-refractivity contribution in [3.05, 3.63) is 47.7 Å². The third-order valence-corrected chi connectivity index (χ3v) is 4.77. The van der Waals surface area contributed by atoms with Crippen molar-refractivity contribution in [2.45, 2.75) is 36.7 Å². The molecule has 0 aliphatic carbocycles. The number of carbonyl (C=O) groups is 2. The van der Waals surface area contributed by atoms with Gasteiger partial charge in [0.05, 0.1) is 11.3 Å². The number of hydrogen-bond donors (Lipinski definition) is 1. The van der Waals surface area contributed by atoms with Crippen LogP contribution in [-0.4, -0.2) is 29.4 Å². The average Bonchev–Trinajstić information content (AvgIpc) is 2.67. The second-order valence-corrected chi connectivity index (χ2v) is 6.85. The van der Waals surface area contributed by atoms with Crippen LogP contribution >= 0.6 is 11.8 Å². The van der Waals surface area contributed by atoms with Gasteiger partial charge in [-0.3, -0.25) is 9.59 Å². The number of aromatic nitrogens is 1. The maximum absolute atomic E-state index is 12.8. The van der Waals surface area contributed by atoms with Gasteiger partial charge in [0, 0.05) is 29.2 Å². The number of rotatable bonds is 3. The molecule has 2 aromatic rings. The number of nitrogens with zero attached hydrogens (tertiary/aromatic N) is 2. The molecule has 0 fully saturated rings. The Morgan fingerprint density at radius 2 is 2.12 bits per heavy atom. The van der Waals surface area contributed by atoms with Crippen LogP contribution in [0.2, 0.25) is 0 Å². The molecule has 6 heteroatoms. The SMILES string of the molecule is CCN1C(=O)c2cccnc2Sc2cc(C(=O)NC(C)C)ccc21. The molecule has 0 bridgehead atoms. The summed E-state index contributed by atoms with van der Waals surface area (Å²) in [5.74, 6) is -0.181. The normalized spacial score (nSPS) is 13.3. The van der Waals surface area contributed by atoms with E-state index < -0.39 is 0 Å². The van der Waals surface area contributed by atoms with Crippen LogP contribution in [0, 0.1) is 0 Å². The van der Waals surface area contributed by atoms with E-state index in [9.17, 15) is 9.59 Å². The number of hydrogen-bond acceptors (Lipinski definition) is 4. The number of pyridine rings is 1. The molecule has 1 aromatic carbocycles. The molecule has 2 heterocycles. The minimum atomic E-state index is -0.117. The molecule has 3 rings (SSSR count). The van der Waals surface area contributed by atoms with Gasteiger partial charge in [0.15, 0.2) is 0 Å². The predicted octanol–water partition coefficient (Wildman–Crippen LogP) is 3.35. The summed E-state index contributed by atoms with van der Waals surface area (Å²) in [6, 6.07) is 9.06. The van der Waals surface area contributed by atoms with Crippen LogP contribution in [0.4, 0.5) is 5.69 Å². The summed E-state index contributed by atoms with van der Waals surface area (Å²) in [7, 11) is 0. The van der Waals surface area contributed by atoms with E-state index in [4.69, 9.17) is 0 Å². The quantitative estimate of drug-likeness (QED) is 0.930. The summed E-state index contributed by atoms with van der Waals surface area (Å²) in [4.78, 5) is 32.0. The zero-order chi connectivity index (χ0) is 17.3. The lowest BCUT2D eigenvalue weighted by Crippen LogP contribution is -2.31. The van der Waals surface area contributed by atoms with Crippen LogP contribution in [0.1, 0.15) is 41.5 Å². The molecule has 0 radical (unpaired) electrons. The smallest absolute Gasteiger partial charge is 0.261 e. The van der Waals surface area contributed by atoms with E-state index in [1.807, 2.05) is 32.9 Å². The second-order valence-electron chi connectivity index (χ2n) is 5.82. The predicted molar refractivity (Wildman–Crippen MR) is 94.8 cm³/mol.